The first-order valence-electron chi connectivity index (χ1n) is 5.85. The molecule has 0 fully saturated rings. The molecule has 4 nitrogen and oxygen atoms in total. The first kappa shape index (κ1) is 12.5. The SMILES string of the molecule is COc1ccc(CN)c(N(C)Cc2ccco2)c1. The van der Waals surface area contributed by atoms with Crippen LogP contribution >= 0.6 is 0 Å². The number of hydrogen-bond acceptors (Lipinski definition) is 4. The summed E-state index contributed by atoms with van der Waals surface area (Å²) in [4.78, 5) is 2.10. The van der Waals surface area contributed by atoms with Gasteiger partial charge in [0.2, 0.25) is 0 Å². The third kappa shape index (κ3) is 2.65. The normalized spacial score (nSPS) is 10.4. The third-order valence-corrected chi connectivity index (χ3v) is 2.90. The van der Waals surface area contributed by atoms with E-state index in [1.54, 1.807) is 13.4 Å². The quantitative estimate of drug-likeness (QED) is 0.880. The minimum Gasteiger partial charge on any atom is -0.497 e. The van der Waals surface area contributed by atoms with Crippen molar-refractivity contribution in [3.05, 3.63) is 47.9 Å². The van der Waals surface area contributed by atoms with Gasteiger partial charge in [-0.1, -0.05) is 6.07 Å². The Bertz CT molecular complexity index is 495. The van der Waals surface area contributed by atoms with Crippen LogP contribution in [-0.4, -0.2) is 14.2 Å². The van der Waals surface area contributed by atoms with Gasteiger partial charge in [-0.25, -0.2) is 0 Å². The number of rotatable bonds is 5. The maximum Gasteiger partial charge on any atom is 0.123 e. The molecule has 2 aromatic rings. The number of methoxy groups -OCH3 is 1. The van der Waals surface area contributed by atoms with Crippen molar-refractivity contribution in [2.75, 3.05) is 19.1 Å². The second kappa shape index (κ2) is 5.60. The zero-order chi connectivity index (χ0) is 13.0. The molecule has 0 atom stereocenters. The summed E-state index contributed by atoms with van der Waals surface area (Å²) in [6.07, 6.45) is 1.68. The number of anilines is 1. The molecule has 1 aromatic heterocycles. The molecule has 2 rings (SSSR count). The molecule has 0 unspecified atom stereocenters. The molecule has 18 heavy (non-hydrogen) atoms. The number of furan rings is 1. The van der Waals surface area contributed by atoms with Gasteiger partial charge < -0.3 is 19.8 Å². The Labute approximate surface area is 107 Å². The molecule has 0 spiro atoms. The Kier molecular flexibility index (Phi) is 3.89. The van der Waals surface area contributed by atoms with Gasteiger partial charge in [0.25, 0.3) is 0 Å². The summed E-state index contributed by atoms with van der Waals surface area (Å²) in [5.74, 6) is 1.75. The van der Waals surface area contributed by atoms with Gasteiger partial charge in [0.15, 0.2) is 0 Å². The average molecular weight is 246 g/mol. The number of hydrogen-bond donors (Lipinski definition) is 1. The van der Waals surface area contributed by atoms with Gasteiger partial charge in [0.05, 0.1) is 19.9 Å². The lowest BCUT2D eigenvalue weighted by Crippen LogP contribution is -2.18. The molecule has 0 bridgehead atoms. The lowest BCUT2D eigenvalue weighted by atomic mass is 10.1. The zero-order valence-corrected chi connectivity index (χ0v) is 10.7. The molecule has 96 valence electrons. The molecule has 0 aliphatic carbocycles. The highest BCUT2D eigenvalue weighted by Crippen LogP contribution is 2.26. The van der Waals surface area contributed by atoms with E-state index in [9.17, 15) is 0 Å². The molecule has 0 aliphatic rings. The molecular weight excluding hydrogens is 228 g/mol. The van der Waals surface area contributed by atoms with Gasteiger partial charge in [-0.2, -0.15) is 0 Å². The van der Waals surface area contributed by atoms with E-state index in [1.807, 2.05) is 37.4 Å². The first-order chi connectivity index (χ1) is 8.74. The Morgan fingerprint density at radius 2 is 2.17 bits per heavy atom. The van der Waals surface area contributed by atoms with E-state index in [0.29, 0.717) is 13.1 Å². The minimum absolute atomic E-state index is 0.502. The monoisotopic (exact) mass is 246 g/mol. The number of ether oxygens (including phenoxy) is 1. The number of benzene rings is 1. The fourth-order valence-electron chi connectivity index (χ4n) is 1.92. The van der Waals surface area contributed by atoms with Crippen molar-refractivity contribution >= 4 is 5.69 Å². The second-order valence-corrected chi connectivity index (χ2v) is 4.13. The fraction of sp³-hybridized carbons (Fsp3) is 0.286. The Morgan fingerprint density at radius 3 is 2.78 bits per heavy atom. The summed E-state index contributed by atoms with van der Waals surface area (Å²) < 4.78 is 10.6. The summed E-state index contributed by atoms with van der Waals surface area (Å²) >= 11 is 0. The second-order valence-electron chi connectivity index (χ2n) is 4.13. The molecule has 0 saturated heterocycles. The zero-order valence-electron chi connectivity index (χ0n) is 10.7. The predicted molar refractivity (Wildman–Crippen MR) is 71.7 cm³/mol. The Balaban J connectivity index is 2.24. The van der Waals surface area contributed by atoms with Gasteiger partial charge >= 0.3 is 0 Å². The van der Waals surface area contributed by atoms with E-state index in [2.05, 4.69) is 4.90 Å². The van der Waals surface area contributed by atoms with E-state index in [4.69, 9.17) is 14.9 Å². The standard InChI is InChI=1S/C14H18N2O2/c1-16(10-13-4-3-7-18-13)14-8-12(17-2)6-5-11(14)9-15/h3-8H,9-10,15H2,1-2H3. The Morgan fingerprint density at radius 1 is 1.33 bits per heavy atom. The average Bonchev–Trinajstić information content (AvgIpc) is 2.90. The van der Waals surface area contributed by atoms with E-state index in [1.165, 1.54) is 0 Å². The van der Waals surface area contributed by atoms with Crippen LogP contribution in [0.5, 0.6) is 5.75 Å². The molecule has 0 aliphatic heterocycles. The van der Waals surface area contributed by atoms with Crippen molar-refractivity contribution in [1.29, 1.82) is 0 Å². The molecule has 0 saturated carbocycles. The summed E-state index contributed by atoms with van der Waals surface area (Å²) in [7, 11) is 3.67. The molecule has 0 radical (unpaired) electrons. The van der Waals surface area contributed by atoms with Crippen LogP contribution < -0.4 is 15.4 Å². The Hall–Kier alpha value is -1.94. The van der Waals surface area contributed by atoms with Crippen LogP contribution in [0.2, 0.25) is 0 Å². The number of nitrogens with zero attached hydrogens (tertiary/aromatic N) is 1. The van der Waals surface area contributed by atoms with Crippen molar-refractivity contribution < 1.29 is 9.15 Å². The van der Waals surface area contributed by atoms with E-state index in [-0.39, 0.29) is 0 Å². The van der Waals surface area contributed by atoms with Crippen molar-refractivity contribution in [1.82, 2.24) is 0 Å². The van der Waals surface area contributed by atoms with Crippen LogP contribution in [0, 0.1) is 0 Å². The lowest BCUT2D eigenvalue weighted by molar-refractivity contribution is 0.414. The largest absolute Gasteiger partial charge is 0.497 e. The van der Waals surface area contributed by atoms with Crippen LogP contribution in [0.25, 0.3) is 0 Å². The maximum atomic E-state index is 5.76. The van der Waals surface area contributed by atoms with Gasteiger partial charge in [-0.3, -0.25) is 0 Å². The molecule has 1 heterocycles. The molecule has 4 heteroatoms. The van der Waals surface area contributed by atoms with Crippen molar-refractivity contribution in [2.45, 2.75) is 13.1 Å². The number of nitrogens with two attached hydrogens (primary N) is 1. The summed E-state index contributed by atoms with van der Waals surface area (Å²) in [5.41, 5.74) is 7.91. The van der Waals surface area contributed by atoms with Crippen LogP contribution in [-0.2, 0) is 13.1 Å². The van der Waals surface area contributed by atoms with Crippen LogP contribution in [0.3, 0.4) is 0 Å². The summed E-state index contributed by atoms with van der Waals surface area (Å²) in [6.45, 7) is 1.20. The van der Waals surface area contributed by atoms with Crippen molar-refractivity contribution in [3.8, 4) is 5.75 Å². The van der Waals surface area contributed by atoms with Gasteiger partial charge in [-0.15, -0.1) is 0 Å². The molecule has 0 amide bonds. The molecular formula is C14H18N2O2. The van der Waals surface area contributed by atoms with E-state index < -0.39 is 0 Å². The van der Waals surface area contributed by atoms with E-state index >= 15 is 0 Å². The van der Waals surface area contributed by atoms with Crippen molar-refractivity contribution in [2.24, 2.45) is 5.73 Å². The van der Waals surface area contributed by atoms with Crippen molar-refractivity contribution in [3.63, 3.8) is 0 Å². The van der Waals surface area contributed by atoms with Crippen LogP contribution in [0.1, 0.15) is 11.3 Å². The molecule has 1 aromatic carbocycles. The van der Waals surface area contributed by atoms with E-state index in [0.717, 1.165) is 22.8 Å². The smallest absolute Gasteiger partial charge is 0.123 e. The fourth-order valence-corrected chi connectivity index (χ4v) is 1.92. The maximum absolute atomic E-state index is 5.76. The van der Waals surface area contributed by atoms with Gasteiger partial charge in [0, 0.05) is 25.3 Å². The summed E-state index contributed by atoms with van der Waals surface area (Å²) in [5, 5.41) is 0. The van der Waals surface area contributed by atoms with Gasteiger partial charge in [0.1, 0.15) is 11.5 Å². The highest BCUT2D eigenvalue weighted by molar-refractivity contribution is 5.56. The topological polar surface area (TPSA) is 51.6 Å². The van der Waals surface area contributed by atoms with Gasteiger partial charge in [-0.05, 0) is 23.8 Å². The minimum atomic E-state index is 0.502. The lowest BCUT2D eigenvalue weighted by Gasteiger charge is -2.21. The molecule has 2 N–H and O–H groups in total. The highest BCUT2D eigenvalue weighted by atomic mass is 16.5. The van der Waals surface area contributed by atoms with Crippen LogP contribution in [0.4, 0.5) is 5.69 Å². The predicted octanol–water partition coefficient (Wildman–Crippen LogP) is 2.38. The third-order valence-electron chi connectivity index (χ3n) is 2.90. The summed E-state index contributed by atoms with van der Waals surface area (Å²) in [6, 6.07) is 9.75. The van der Waals surface area contributed by atoms with Crippen LogP contribution in [0.15, 0.2) is 41.0 Å². The first-order valence-corrected chi connectivity index (χ1v) is 5.85. The highest BCUT2D eigenvalue weighted by Gasteiger charge is 2.09.